The van der Waals surface area contributed by atoms with E-state index in [1.165, 1.54) is 0 Å². The lowest BCUT2D eigenvalue weighted by Gasteiger charge is -2.25. The first-order chi connectivity index (χ1) is 26.8. The van der Waals surface area contributed by atoms with Crippen LogP contribution in [0.15, 0.2) is 79.7 Å². The highest BCUT2D eigenvalue weighted by molar-refractivity contribution is 9.11. The predicted molar refractivity (Wildman–Crippen MR) is 235 cm³/mol. The number of rotatable bonds is 11. The Labute approximate surface area is 349 Å². The highest BCUT2D eigenvalue weighted by atomic mass is 79.9. The second-order valence-corrected chi connectivity index (χ2v) is 17.9. The first-order valence-corrected chi connectivity index (χ1v) is 20.6. The molecule has 0 aliphatic rings. The normalized spacial score (nSPS) is 12.9. The lowest BCUT2D eigenvalue weighted by atomic mass is 10.0. The van der Waals surface area contributed by atoms with Crippen molar-refractivity contribution in [3.05, 3.63) is 90.8 Å². The number of pyridine rings is 4. The number of carbonyl (C=O) groups excluding carboxylic acids is 1. The molecule has 0 aliphatic heterocycles. The van der Waals surface area contributed by atoms with Crippen LogP contribution in [0.1, 0.15) is 61.3 Å². The number of halogens is 2. The quantitative estimate of drug-likeness (QED) is 0.122. The van der Waals surface area contributed by atoms with E-state index in [0.29, 0.717) is 40.7 Å². The van der Waals surface area contributed by atoms with Gasteiger partial charge in [0.15, 0.2) is 0 Å². The molecule has 2 aromatic carbocycles. The summed E-state index contributed by atoms with van der Waals surface area (Å²) in [6.45, 7) is 14.7. The molecule has 4 aromatic heterocycles. The van der Waals surface area contributed by atoms with Crippen molar-refractivity contribution in [3.63, 3.8) is 0 Å². The number of alkyl carbamates (subject to hydrolysis) is 1. The van der Waals surface area contributed by atoms with Crippen LogP contribution in [0.2, 0.25) is 0 Å². The van der Waals surface area contributed by atoms with Crippen LogP contribution in [0.4, 0.5) is 4.79 Å². The number of hydrogen-bond acceptors (Lipinski definition) is 9. The van der Waals surface area contributed by atoms with E-state index < -0.39 is 11.7 Å². The van der Waals surface area contributed by atoms with Crippen molar-refractivity contribution in [1.29, 1.82) is 0 Å². The fourth-order valence-corrected chi connectivity index (χ4v) is 7.66. The first kappa shape index (κ1) is 43.6. The molecule has 1 amide bonds. The number of ether oxygens (including phenoxy) is 3. The van der Waals surface area contributed by atoms with E-state index in [1.54, 1.807) is 48.0 Å². The number of carbonyl (C=O) groups is 1. The number of nitrogens with zero attached hydrogens (tertiary/aromatic N) is 4. The Morgan fingerprint density at radius 3 is 1.63 bits per heavy atom. The summed E-state index contributed by atoms with van der Waals surface area (Å²) in [7, 11) is 3.50. The summed E-state index contributed by atoms with van der Waals surface area (Å²) >= 11 is 7.18. The fraction of sp³-hybridized carbons (Fsp3) is 0.419. The van der Waals surface area contributed by atoms with Gasteiger partial charge in [0.25, 0.3) is 11.1 Å². The Kier molecular flexibility index (Phi) is 14.1. The Balaban J connectivity index is 0.000000224. The summed E-state index contributed by atoms with van der Waals surface area (Å²) in [4.78, 5) is 45.8. The molecule has 0 unspecified atom stereocenters. The molecule has 0 saturated heterocycles. The van der Waals surface area contributed by atoms with Gasteiger partial charge in [0, 0.05) is 67.8 Å². The van der Waals surface area contributed by atoms with Crippen LogP contribution in [0, 0.1) is 11.8 Å². The molecule has 0 aliphatic carbocycles. The third kappa shape index (κ3) is 10.7. The molecule has 14 heteroatoms. The van der Waals surface area contributed by atoms with Gasteiger partial charge in [-0.2, -0.15) is 0 Å². The minimum Gasteiger partial charge on any atom is -0.491 e. The van der Waals surface area contributed by atoms with Crippen LogP contribution in [0.25, 0.3) is 43.4 Å². The summed E-state index contributed by atoms with van der Waals surface area (Å²) < 4.78 is 22.3. The van der Waals surface area contributed by atoms with Gasteiger partial charge in [-0.1, -0.05) is 27.7 Å². The second kappa shape index (κ2) is 18.4. The number of amides is 1. The zero-order chi connectivity index (χ0) is 41.8. The number of aryl methyl sites for hydroxylation is 2. The molecule has 12 nitrogen and oxygen atoms in total. The Hall–Kier alpha value is -4.53. The highest BCUT2D eigenvalue weighted by Gasteiger charge is 2.22. The maximum absolute atomic E-state index is 12.8. The largest absolute Gasteiger partial charge is 0.491 e. The Bertz CT molecular complexity index is 2530. The maximum Gasteiger partial charge on any atom is 0.407 e. The smallest absolute Gasteiger partial charge is 0.407 e. The number of hydrogen-bond donors (Lipinski definition) is 2. The molecular weight excluding hydrogens is 856 g/mol. The van der Waals surface area contributed by atoms with Gasteiger partial charge in [-0.3, -0.25) is 19.6 Å². The summed E-state index contributed by atoms with van der Waals surface area (Å²) in [6.07, 6.45) is 7.76. The molecule has 0 radical (unpaired) electrons. The topological polar surface area (TPSA) is 153 Å². The SMILES string of the molecule is CC(C)C[C@@H](COc1cc2c(cc1Br)c1ccncc1c(=O)n2C)NC(=O)OC(C)(C)C.CC(C)C[C@H](N)COc1cc2c(cc1Br)c1ccncc1c(=O)n2C. The number of aromatic nitrogens is 4. The predicted octanol–water partition coefficient (Wildman–Crippen LogP) is 8.77. The third-order valence-electron chi connectivity index (χ3n) is 9.26. The van der Waals surface area contributed by atoms with Crippen LogP contribution in [-0.4, -0.2) is 56.1 Å². The first-order valence-electron chi connectivity index (χ1n) is 19.0. The van der Waals surface area contributed by atoms with Crippen molar-refractivity contribution in [2.45, 2.75) is 79.0 Å². The lowest BCUT2D eigenvalue weighted by molar-refractivity contribution is 0.0480. The zero-order valence-corrected chi connectivity index (χ0v) is 37.2. The molecular formula is C43H52Br2N6O6. The molecule has 4 heterocycles. The van der Waals surface area contributed by atoms with Gasteiger partial charge in [-0.15, -0.1) is 0 Å². The van der Waals surface area contributed by atoms with Crippen molar-refractivity contribution in [2.75, 3.05) is 13.2 Å². The average Bonchev–Trinajstić information content (AvgIpc) is 3.13. The van der Waals surface area contributed by atoms with Crippen LogP contribution in [-0.2, 0) is 18.8 Å². The van der Waals surface area contributed by atoms with Gasteiger partial charge < -0.3 is 34.4 Å². The van der Waals surface area contributed by atoms with Crippen molar-refractivity contribution in [2.24, 2.45) is 31.7 Å². The van der Waals surface area contributed by atoms with Crippen molar-refractivity contribution in [1.82, 2.24) is 24.4 Å². The van der Waals surface area contributed by atoms with E-state index in [9.17, 15) is 14.4 Å². The number of nitrogens with two attached hydrogens (primary N) is 1. The van der Waals surface area contributed by atoms with Crippen molar-refractivity contribution in [3.8, 4) is 11.5 Å². The average molecular weight is 909 g/mol. The van der Waals surface area contributed by atoms with Gasteiger partial charge in [0.2, 0.25) is 0 Å². The van der Waals surface area contributed by atoms with Crippen LogP contribution < -0.4 is 31.6 Å². The Morgan fingerprint density at radius 1 is 0.737 bits per heavy atom. The zero-order valence-electron chi connectivity index (χ0n) is 34.0. The van der Waals surface area contributed by atoms with E-state index in [2.05, 4.69) is 74.8 Å². The number of benzene rings is 2. The monoisotopic (exact) mass is 906 g/mol. The molecule has 3 N–H and O–H groups in total. The van der Waals surface area contributed by atoms with E-state index in [-0.39, 0.29) is 29.8 Å². The molecule has 0 fully saturated rings. The summed E-state index contributed by atoms with van der Waals surface area (Å²) in [5.74, 6) is 2.18. The van der Waals surface area contributed by atoms with Crippen molar-refractivity contribution < 1.29 is 19.0 Å². The van der Waals surface area contributed by atoms with Gasteiger partial charge >= 0.3 is 6.09 Å². The van der Waals surface area contributed by atoms with Crippen LogP contribution in [0.3, 0.4) is 0 Å². The van der Waals surface area contributed by atoms with Crippen LogP contribution >= 0.6 is 31.9 Å². The van der Waals surface area contributed by atoms with Crippen LogP contribution in [0.5, 0.6) is 11.5 Å². The third-order valence-corrected chi connectivity index (χ3v) is 10.5. The van der Waals surface area contributed by atoms with Gasteiger partial charge in [-0.25, -0.2) is 4.79 Å². The summed E-state index contributed by atoms with van der Waals surface area (Å²) in [6, 6.07) is 11.1. The number of nitrogens with one attached hydrogen (secondary N) is 1. The molecule has 57 heavy (non-hydrogen) atoms. The fourth-order valence-electron chi connectivity index (χ4n) is 6.75. The minimum absolute atomic E-state index is 0.0194. The molecule has 0 saturated carbocycles. The van der Waals surface area contributed by atoms with E-state index in [1.807, 2.05) is 57.2 Å². The second-order valence-electron chi connectivity index (χ2n) is 16.2. The minimum atomic E-state index is -0.572. The maximum atomic E-state index is 12.8. The molecule has 0 spiro atoms. The van der Waals surface area contributed by atoms with E-state index >= 15 is 0 Å². The van der Waals surface area contributed by atoms with Gasteiger partial charge in [0.1, 0.15) is 30.3 Å². The van der Waals surface area contributed by atoms with E-state index in [0.717, 1.165) is 54.4 Å². The highest BCUT2D eigenvalue weighted by Crippen LogP contribution is 2.34. The molecule has 2 atom stereocenters. The summed E-state index contributed by atoms with van der Waals surface area (Å²) in [5, 5.41) is 7.72. The van der Waals surface area contributed by atoms with Gasteiger partial charge in [-0.05, 0) is 112 Å². The molecule has 0 bridgehead atoms. The lowest BCUT2D eigenvalue weighted by Crippen LogP contribution is -2.42. The molecule has 304 valence electrons. The molecule has 6 aromatic rings. The van der Waals surface area contributed by atoms with Gasteiger partial charge in [0.05, 0.1) is 36.8 Å². The van der Waals surface area contributed by atoms with Crippen molar-refractivity contribution >= 4 is 81.3 Å². The standard InChI is InChI=1S/C24H30BrN3O4.C19H22BrN3O2/c1-14(2)9-15(27-23(30)32-24(3,4)5)13-31-21-11-20-17(10-19(21)25)16-7-8-26-12-18(16)22(29)28(20)6;1-11(2)6-12(21)10-25-18-8-17-14(7-16(18)20)13-4-5-22-9-15(13)19(24)23(17)3/h7-8,10-12,14-15H,9,13H2,1-6H3,(H,27,30);4-5,7-9,11-12H,6,10,21H2,1-3H3/t15-;12-/m00/s1. The Morgan fingerprint density at radius 2 is 1.19 bits per heavy atom. The molecule has 6 rings (SSSR count). The summed E-state index contributed by atoms with van der Waals surface area (Å²) in [5.41, 5.74) is 6.93. The van der Waals surface area contributed by atoms with E-state index in [4.69, 9.17) is 19.9 Å². The number of fused-ring (bicyclic) bond motifs is 6.